The van der Waals surface area contributed by atoms with E-state index in [1.165, 1.54) is 17.4 Å². The third-order valence-corrected chi connectivity index (χ3v) is 7.69. The largest absolute Gasteiger partial charge is 0.313 e. The Hall–Kier alpha value is -2.68. The average molecular weight is 456 g/mol. The number of halogens is 2. The van der Waals surface area contributed by atoms with Gasteiger partial charge in [-0.05, 0) is 42.8 Å². The maximum Gasteiger partial charge on any atom is 0.262 e. The van der Waals surface area contributed by atoms with Crippen LogP contribution in [0.5, 0.6) is 0 Å². The van der Waals surface area contributed by atoms with E-state index in [0.29, 0.717) is 5.00 Å². The number of benzene rings is 2. The van der Waals surface area contributed by atoms with Crippen LogP contribution in [-0.4, -0.2) is 28.9 Å². The van der Waals surface area contributed by atoms with Gasteiger partial charge in [0, 0.05) is 23.5 Å². The lowest BCUT2D eigenvalue weighted by Gasteiger charge is -2.25. The van der Waals surface area contributed by atoms with Crippen molar-refractivity contribution in [2.75, 3.05) is 18.4 Å². The molecule has 0 spiro atoms. The van der Waals surface area contributed by atoms with Crippen LogP contribution in [0.2, 0.25) is 0 Å². The minimum absolute atomic E-state index is 0.570. The Kier molecular flexibility index (Phi) is 5.29. The van der Waals surface area contributed by atoms with Gasteiger partial charge in [0.1, 0.15) is 27.2 Å². The number of fused-ring (bicyclic) bond motifs is 2. The second kappa shape index (κ2) is 8.11. The molecule has 0 bridgehead atoms. The Morgan fingerprint density at radius 3 is 2.65 bits per heavy atom. The van der Waals surface area contributed by atoms with Gasteiger partial charge in [0.2, 0.25) is 0 Å². The molecule has 2 aromatic heterocycles. The number of aromatic nitrogens is 1. The summed E-state index contributed by atoms with van der Waals surface area (Å²) in [6, 6.07) is 11.3. The Balaban J connectivity index is 1.61. The predicted molar refractivity (Wildman–Crippen MR) is 122 cm³/mol. The van der Waals surface area contributed by atoms with Crippen LogP contribution in [0.3, 0.4) is 0 Å². The number of anilines is 1. The molecule has 0 unspecified atom stereocenters. The summed E-state index contributed by atoms with van der Waals surface area (Å²) in [5, 5.41) is 4.19. The Bertz CT molecular complexity index is 1240. The zero-order chi connectivity index (χ0) is 21.5. The molecule has 0 saturated carbocycles. The van der Waals surface area contributed by atoms with E-state index in [-0.39, 0.29) is 0 Å². The number of likely N-dealkylation sites (N-methyl/N-ethyl adjacent to an activating group) is 1. The molecule has 158 valence electrons. The van der Waals surface area contributed by atoms with E-state index in [9.17, 15) is 13.6 Å². The standard InChI is InChI=1S/C23H19F2N3OS2/c1-2-28-11-10-13-18(12-28)31-23(27-21(29)20-14(24)6-5-7-15(20)25)19(13)22-26-16-8-3-4-9-17(16)30-22/h3-9H,2,10-12H2,1H3,(H,27,29). The summed E-state index contributed by atoms with van der Waals surface area (Å²) in [5.41, 5.74) is 2.37. The fourth-order valence-corrected chi connectivity index (χ4v) is 6.30. The van der Waals surface area contributed by atoms with Crippen molar-refractivity contribution in [2.24, 2.45) is 0 Å². The maximum absolute atomic E-state index is 14.2. The van der Waals surface area contributed by atoms with Crippen LogP contribution in [0.25, 0.3) is 20.8 Å². The van der Waals surface area contributed by atoms with Gasteiger partial charge in [-0.15, -0.1) is 22.7 Å². The van der Waals surface area contributed by atoms with Gasteiger partial charge in [-0.2, -0.15) is 0 Å². The number of hydrogen-bond donors (Lipinski definition) is 1. The van der Waals surface area contributed by atoms with Crippen molar-refractivity contribution in [1.82, 2.24) is 9.88 Å². The molecule has 0 atom stereocenters. The molecule has 3 heterocycles. The second-order valence-corrected chi connectivity index (χ2v) is 9.50. The van der Waals surface area contributed by atoms with E-state index in [1.54, 1.807) is 11.3 Å². The van der Waals surface area contributed by atoms with Crippen LogP contribution in [0.4, 0.5) is 13.8 Å². The average Bonchev–Trinajstić information content (AvgIpc) is 3.33. The molecule has 8 heteroatoms. The number of carbonyl (C=O) groups excluding carboxylic acids is 1. The zero-order valence-electron chi connectivity index (χ0n) is 16.7. The van der Waals surface area contributed by atoms with E-state index in [0.717, 1.165) is 69.4 Å². The Morgan fingerprint density at radius 1 is 1.13 bits per heavy atom. The van der Waals surface area contributed by atoms with Gasteiger partial charge in [0.15, 0.2) is 0 Å². The van der Waals surface area contributed by atoms with Gasteiger partial charge < -0.3 is 5.32 Å². The van der Waals surface area contributed by atoms with Gasteiger partial charge in [-0.3, -0.25) is 9.69 Å². The minimum atomic E-state index is -0.877. The first-order valence-electron chi connectivity index (χ1n) is 10.0. The number of carbonyl (C=O) groups is 1. The van der Waals surface area contributed by atoms with Crippen molar-refractivity contribution in [1.29, 1.82) is 0 Å². The highest BCUT2D eigenvalue weighted by Crippen LogP contribution is 2.45. The van der Waals surface area contributed by atoms with E-state index >= 15 is 0 Å². The van der Waals surface area contributed by atoms with E-state index in [2.05, 4.69) is 17.1 Å². The van der Waals surface area contributed by atoms with E-state index in [4.69, 9.17) is 4.98 Å². The smallest absolute Gasteiger partial charge is 0.262 e. The van der Waals surface area contributed by atoms with Crippen LogP contribution in [0.15, 0.2) is 42.5 Å². The third-order valence-electron chi connectivity index (χ3n) is 5.51. The summed E-state index contributed by atoms with van der Waals surface area (Å²) in [4.78, 5) is 21.1. The molecule has 4 aromatic rings. The summed E-state index contributed by atoms with van der Waals surface area (Å²) in [7, 11) is 0. The third kappa shape index (κ3) is 3.64. The molecule has 0 saturated heterocycles. The van der Waals surface area contributed by atoms with Gasteiger partial charge in [0.25, 0.3) is 5.91 Å². The second-order valence-electron chi connectivity index (χ2n) is 7.36. The SMILES string of the molecule is CCN1CCc2c(sc(NC(=O)c3c(F)cccc3F)c2-c2nc3ccccc3s2)C1. The highest BCUT2D eigenvalue weighted by molar-refractivity contribution is 7.23. The summed E-state index contributed by atoms with van der Waals surface area (Å²) in [5.74, 6) is -2.54. The molecule has 0 aliphatic carbocycles. The molecule has 5 rings (SSSR count). The Labute approximate surface area is 186 Å². The molecular formula is C23H19F2N3OS2. The zero-order valence-corrected chi connectivity index (χ0v) is 18.4. The molecule has 1 amide bonds. The molecule has 0 radical (unpaired) electrons. The van der Waals surface area contributed by atoms with Crippen LogP contribution >= 0.6 is 22.7 Å². The highest BCUT2D eigenvalue weighted by Gasteiger charge is 2.28. The van der Waals surface area contributed by atoms with Gasteiger partial charge in [0.05, 0.1) is 10.2 Å². The van der Waals surface area contributed by atoms with Crippen molar-refractivity contribution in [3.63, 3.8) is 0 Å². The van der Waals surface area contributed by atoms with E-state index < -0.39 is 23.1 Å². The lowest BCUT2D eigenvalue weighted by molar-refractivity contribution is 0.101. The molecule has 2 aromatic carbocycles. The van der Waals surface area contributed by atoms with Crippen LogP contribution in [-0.2, 0) is 13.0 Å². The number of amides is 1. The van der Waals surface area contributed by atoms with Crippen LogP contribution in [0, 0.1) is 11.6 Å². The number of nitrogens with zero attached hydrogens (tertiary/aromatic N) is 2. The number of hydrogen-bond acceptors (Lipinski definition) is 5. The van der Waals surface area contributed by atoms with Crippen molar-refractivity contribution < 1.29 is 13.6 Å². The molecule has 31 heavy (non-hydrogen) atoms. The fraction of sp³-hybridized carbons (Fsp3) is 0.217. The molecule has 1 aliphatic heterocycles. The van der Waals surface area contributed by atoms with Crippen molar-refractivity contribution in [3.05, 3.63) is 70.1 Å². The monoisotopic (exact) mass is 455 g/mol. The van der Waals surface area contributed by atoms with Gasteiger partial charge in [-0.25, -0.2) is 13.8 Å². The van der Waals surface area contributed by atoms with Crippen LogP contribution in [0.1, 0.15) is 27.7 Å². The maximum atomic E-state index is 14.2. The summed E-state index contributed by atoms with van der Waals surface area (Å²) < 4.78 is 29.4. The molecule has 1 N–H and O–H groups in total. The number of thiazole rings is 1. The van der Waals surface area contributed by atoms with Crippen LogP contribution < -0.4 is 5.32 Å². The molecular weight excluding hydrogens is 436 g/mol. The molecule has 0 fully saturated rings. The first kappa shape index (κ1) is 20.2. The summed E-state index contributed by atoms with van der Waals surface area (Å²) in [6.45, 7) is 4.78. The van der Waals surface area contributed by atoms with Crippen molar-refractivity contribution in [3.8, 4) is 10.6 Å². The Morgan fingerprint density at radius 2 is 1.90 bits per heavy atom. The predicted octanol–water partition coefficient (Wildman–Crippen LogP) is 5.93. The lowest BCUT2D eigenvalue weighted by Crippen LogP contribution is -2.29. The number of nitrogens with one attached hydrogen (secondary N) is 1. The van der Waals surface area contributed by atoms with Crippen molar-refractivity contribution in [2.45, 2.75) is 19.9 Å². The normalized spacial score (nSPS) is 14.0. The van der Waals surface area contributed by atoms with Gasteiger partial charge >= 0.3 is 0 Å². The number of rotatable bonds is 4. The van der Waals surface area contributed by atoms with E-state index in [1.807, 2.05) is 24.3 Å². The number of para-hydroxylation sites is 1. The lowest BCUT2D eigenvalue weighted by atomic mass is 10.0. The van der Waals surface area contributed by atoms with Gasteiger partial charge in [-0.1, -0.05) is 25.1 Å². The first-order chi connectivity index (χ1) is 15.0. The summed E-state index contributed by atoms with van der Waals surface area (Å²) >= 11 is 3.03. The topological polar surface area (TPSA) is 45.2 Å². The quantitative estimate of drug-likeness (QED) is 0.415. The van der Waals surface area contributed by atoms with Crippen molar-refractivity contribution >= 4 is 43.8 Å². The number of thiophene rings is 1. The first-order valence-corrected chi connectivity index (χ1v) is 11.7. The summed E-state index contributed by atoms with van der Waals surface area (Å²) in [6.07, 6.45) is 0.842. The minimum Gasteiger partial charge on any atom is -0.313 e. The fourth-order valence-electron chi connectivity index (χ4n) is 3.90. The highest BCUT2D eigenvalue weighted by atomic mass is 32.1. The molecule has 4 nitrogen and oxygen atoms in total. The molecule has 1 aliphatic rings.